The number of hydrogen-bond donors (Lipinski definition) is 1. The molecule has 2 aromatic carbocycles. The molecule has 152 valence electrons. The third-order valence-electron chi connectivity index (χ3n) is 4.03. The Balaban J connectivity index is 1.63. The molecule has 0 aliphatic heterocycles. The molecule has 0 saturated carbocycles. The Labute approximate surface area is 181 Å². The van der Waals surface area contributed by atoms with E-state index in [2.05, 4.69) is 31.4 Å². The molecule has 0 aliphatic rings. The highest BCUT2D eigenvalue weighted by atomic mass is 79.9. The van der Waals surface area contributed by atoms with Crippen molar-refractivity contribution in [3.8, 4) is 5.75 Å². The molecule has 0 radical (unpaired) electrons. The van der Waals surface area contributed by atoms with Crippen molar-refractivity contribution in [3.63, 3.8) is 0 Å². The second kappa shape index (κ2) is 9.89. The lowest BCUT2D eigenvalue weighted by atomic mass is 10.3. The fourth-order valence-corrected chi connectivity index (χ4v) is 3.73. The number of nitrogens with one attached hydrogen (secondary N) is 1. The standard InChI is InChI=1S/C20H20BrFN4O2S/c1-3-26-19(13(2)28-15-10-8-14(21)9-11-15)24-25-20(26)29-12-18(27)23-17-7-5-4-6-16(17)22/h4-11,13H,3,12H2,1-2H3,(H,23,27). The van der Waals surface area contributed by atoms with E-state index in [4.69, 9.17) is 4.74 Å². The van der Waals surface area contributed by atoms with Gasteiger partial charge in [0.15, 0.2) is 17.1 Å². The number of hydrogen-bond acceptors (Lipinski definition) is 5. The normalized spacial score (nSPS) is 11.9. The molecule has 1 aromatic heterocycles. The molecule has 0 aliphatic carbocycles. The first-order chi connectivity index (χ1) is 14.0. The number of ether oxygens (including phenoxy) is 1. The van der Waals surface area contributed by atoms with E-state index in [9.17, 15) is 9.18 Å². The van der Waals surface area contributed by atoms with Crippen molar-refractivity contribution in [1.82, 2.24) is 14.8 Å². The molecule has 1 heterocycles. The lowest BCUT2D eigenvalue weighted by Gasteiger charge is -2.15. The van der Waals surface area contributed by atoms with Crippen LogP contribution in [0.5, 0.6) is 5.75 Å². The third-order valence-corrected chi connectivity index (χ3v) is 5.53. The number of anilines is 1. The van der Waals surface area contributed by atoms with Gasteiger partial charge in [-0.1, -0.05) is 39.8 Å². The quantitative estimate of drug-likeness (QED) is 0.457. The predicted octanol–water partition coefficient (Wildman–Crippen LogP) is 5.07. The number of carbonyl (C=O) groups excluding carboxylic acids is 1. The van der Waals surface area contributed by atoms with E-state index in [1.165, 1.54) is 23.9 Å². The van der Waals surface area contributed by atoms with Crippen molar-refractivity contribution in [2.24, 2.45) is 0 Å². The average molecular weight is 479 g/mol. The van der Waals surface area contributed by atoms with Gasteiger partial charge >= 0.3 is 0 Å². The summed E-state index contributed by atoms with van der Waals surface area (Å²) >= 11 is 4.64. The molecule has 0 saturated heterocycles. The van der Waals surface area contributed by atoms with Gasteiger partial charge in [0.1, 0.15) is 11.6 Å². The maximum Gasteiger partial charge on any atom is 0.234 e. The van der Waals surface area contributed by atoms with Gasteiger partial charge < -0.3 is 14.6 Å². The average Bonchev–Trinajstić information content (AvgIpc) is 3.13. The van der Waals surface area contributed by atoms with Crippen LogP contribution in [0.2, 0.25) is 0 Å². The second-order valence-corrected chi connectivity index (χ2v) is 7.97. The van der Waals surface area contributed by atoms with Crippen molar-refractivity contribution in [1.29, 1.82) is 0 Å². The molecule has 29 heavy (non-hydrogen) atoms. The van der Waals surface area contributed by atoms with Crippen LogP contribution in [0, 0.1) is 5.82 Å². The Morgan fingerprint density at radius 3 is 2.66 bits per heavy atom. The topological polar surface area (TPSA) is 69.0 Å². The van der Waals surface area contributed by atoms with Gasteiger partial charge in [-0.3, -0.25) is 4.79 Å². The molecule has 3 rings (SSSR count). The number of rotatable bonds is 8. The molecular formula is C20H20BrFN4O2S. The van der Waals surface area contributed by atoms with Crippen LogP contribution in [0.15, 0.2) is 58.2 Å². The van der Waals surface area contributed by atoms with Crippen LogP contribution in [-0.2, 0) is 11.3 Å². The van der Waals surface area contributed by atoms with Gasteiger partial charge in [-0.05, 0) is 50.2 Å². The summed E-state index contributed by atoms with van der Waals surface area (Å²) in [5.74, 6) is 0.710. The number of amides is 1. The van der Waals surface area contributed by atoms with E-state index in [0.717, 1.165) is 10.2 Å². The lowest BCUT2D eigenvalue weighted by molar-refractivity contribution is -0.113. The fraction of sp³-hybridized carbons (Fsp3) is 0.250. The predicted molar refractivity (Wildman–Crippen MR) is 115 cm³/mol. The Morgan fingerprint density at radius 2 is 1.97 bits per heavy atom. The largest absolute Gasteiger partial charge is 0.483 e. The van der Waals surface area contributed by atoms with Gasteiger partial charge in [0.25, 0.3) is 0 Å². The van der Waals surface area contributed by atoms with Gasteiger partial charge in [-0.15, -0.1) is 10.2 Å². The Bertz CT molecular complexity index is 981. The third kappa shape index (κ3) is 5.57. The first kappa shape index (κ1) is 21.3. The summed E-state index contributed by atoms with van der Waals surface area (Å²) < 4.78 is 22.5. The van der Waals surface area contributed by atoms with E-state index < -0.39 is 5.82 Å². The van der Waals surface area contributed by atoms with Gasteiger partial charge in [0, 0.05) is 11.0 Å². The van der Waals surface area contributed by atoms with Crippen molar-refractivity contribution in [2.45, 2.75) is 31.7 Å². The van der Waals surface area contributed by atoms with Crippen LogP contribution in [0.4, 0.5) is 10.1 Å². The zero-order chi connectivity index (χ0) is 20.8. The zero-order valence-electron chi connectivity index (χ0n) is 15.9. The van der Waals surface area contributed by atoms with Gasteiger partial charge in [-0.25, -0.2) is 4.39 Å². The summed E-state index contributed by atoms with van der Waals surface area (Å²) in [6.07, 6.45) is -0.315. The molecule has 0 bridgehead atoms. The minimum atomic E-state index is -0.469. The fourth-order valence-electron chi connectivity index (χ4n) is 2.65. The Morgan fingerprint density at radius 1 is 1.24 bits per heavy atom. The minimum Gasteiger partial charge on any atom is -0.483 e. The number of nitrogens with zero attached hydrogens (tertiary/aromatic N) is 3. The number of aromatic nitrogens is 3. The first-order valence-electron chi connectivity index (χ1n) is 9.00. The maximum atomic E-state index is 13.7. The van der Waals surface area contributed by atoms with Gasteiger partial charge in [0.2, 0.25) is 5.91 Å². The summed E-state index contributed by atoms with van der Waals surface area (Å²) in [4.78, 5) is 12.2. The highest BCUT2D eigenvalue weighted by Crippen LogP contribution is 2.25. The number of carbonyl (C=O) groups is 1. The van der Waals surface area contributed by atoms with Crippen molar-refractivity contribution in [2.75, 3.05) is 11.1 Å². The van der Waals surface area contributed by atoms with Crippen LogP contribution in [0.25, 0.3) is 0 Å². The number of benzene rings is 2. The molecule has 6 nitrogen and oxygen atoms in total. The molecule has 3 aromatic rings. The van der Waals surface area contributed by atoms with Gasteiger partial charge in [-0.2, -0.15) is 0 Å². The van der Waals surface area contributed by atoms with Gasteiger partial charge in [0.05, 0.1) is 11.4 Å². The first-order valence-corrected chi connectivity index (χ1v) is 10.8. The molecule has 1 atom stereocenters. The van der Waals surface area contributed by atoms with E-state index in [1.807, 2.05) is 42.7 Å². The zero-order valence-corrected chi connectivity index (χ0v) is 18.3. The Kier molecular flexibility index (Phi) is 7.27. The van der Waals surface area contributed by atoms with E-state index in [1.54, 1.807) is 12.1 Å². The molecular weight excluding hydrogens is 459 g/mol. The van der Waals surface area contributed by atoms with Crippen LogP contribution in [0.3, 0.4) is 0 Å². The van der Waals surface area contributed by atoms with Crippen molar-refractivity contribution >= 4 is 39.3 Å². The molecule has 1 unspecified atom stereocenters. The smallest absolute Gasteiger partial charge is 0.234 e. The number of para-hydroxylation sites is 1. The van der Waals surface area contributed by atoms with Crippen LogP contribution < -0.4 is 10.1 Å². The summed E-state index contributed by atoms with van der Waals surface area (Å²) in [6.45, 7) is 4.51. The van der Waals surface area contributed by atoms with E-state index >= 15 is 0 Å². The maximum absolute atomic E-state index is 13.7. The molecule has 1 amide bonds. The monoisotopic (exact) mass is 478 g/mol. The highest BCUT2D eigenvalue weighted by Gasteiger charge is 2.19. The van der Waals surface area contributed by atoms with Crippen LogP contribution in [0.1, 0.15) is 25.8 Å². The number of halogens is 2. The SMILES string of the molecule is CCn1c(SCC(=O)Nc2ccccc2F)nnc1C(C)Oc1ccc(Br)cc1. The van der Waals surface area contributed by atoms with Crippen molar-refractivity contribution in [3.05, 3.63) is 64.6 Å². The molecule has 0 fully saturated rings. The number of thioether (sulfide) groups is 1. The summed E-state index contributed by atoms with van der Waals surface area (Å²) in [5, 5.41) is 11.6. The molecule has 9 heteroatoms. The second-order valence-electron chi connectivity index (χ2n) is 6.12. The van der Waals surface area contributed by atoms with E-state index in [0.29, 0.717) is 17.5 Å². The highest BCUT2D eigenvalue weighted by molar-refractivity contribution is 9.10. The summed E-state index contributed by atoms with van der Waals surface area (Å²) in [7, 11) is 0. The van der Waals surface area contributed by atoms with Crippen molar-refractivity contribution < 1.29 is 13.9 Å². The van der Waals surface area contributed by atoms with E-state index in [-0.39, 0.29) is 23.5 Å². The summed E-state index contributed by atoms with van der Waals surface area (Å²) in [5.41, 5.74) is 0.160. The Hall–Kier alpha value is -2.39. The minimum absolute atomic E-state index is 0.0917. The molecule has 1 N–H and O–H groups in total. The summed E-state index contributed by atoms with van der Waals surface area (Å²) in [6, 6.07) is 13.6. The lowest BCUT2D eigenvalue weighted by Crippen LogP contribution is -2.16. The van der Waals surface area contributed by atoms with Crippen LogP contribution >= 0.6 is 27.7 Å². The van der Waals surface area contributed by atoms with Crippen LogP contribution in [-0.4, -0.2) is 26.4 Å². The molecule has 0 spiro atoms.